The normalized spacial score (nSPS) is 12.5. The van der Waals surface area contributed by atoms with Gasteiger partial charge in [-0.05, 0) is 24.6 Å². The number of nitrogens with zero attached hydrogens (tertiary/aromatic N) is 1. The second-order valence-electron chi connectivity index (χ2n) is 3.07. The predicted octanol–water partition coefficient (Wildman–Crippen LogP) is 1.52. The van der Waals surface area contributed by atoms with Crippen LogP contribution in [0.1, 0.15) is 23.7 Å². The van der Waals surface area contributed by atoms with Gasteiger partial charge in [0.1, 0.15) is 5.15 Å². The second-order valence-corrected chi connectivity index (χ2v) is 3.46. The predicted molar refractivity (Wildman–Crippen MR) is 53.2 cm³/mol. The van der Waals surface area contributed by atoms with Gasteiger partial charge in [-0.25, -0.2) is 4.98 Å². The topological polar surface area (TPSA) is 76.2 Å². The third-order valence-electron chi connectivity index (χ3n) is 1.77. The number of aromatic nitrogens is 1. The van der Waals surface area contributed by atoms with Crippen molar-refractivity contribution in [3.63, 3.8) is 0 Å². The highest BCUT2D eigenvalue weighted by atomic mass is 35.5. The van der Waals surface area contributed by atoms with Crippen molar-refractivity contribution in [2.45, 2.75) is 19.4 Å². The lowest BCUT2D eigenvalue weighted by molar-refractivity contribution is -0.137. The molecular weight excluding hydrogens is 204 g/mol. The molecule has 0 saturated heterocycles. The maximum absolute atomic E-state index is 10.4. The summed E-state index contributed by atoms with van der Waals surface area (Å²) in [7, 11) is 0. The van der Waals surface area contributed by atoms with Gasteiger partial charge in [0.2, 0.25) is 0 Å². The van der Waals surface area contributed by atoms with E-state index in [9.17, 15) is 4.79 Å². The molecule has 1 aromatic rings. The Bertz CT molecular complexity index is 334. The Morgan fingerprint density at radius 1 is 1.71 bits per heavy atom. The molecule has 76 valence electrons. The zero-order chi connectivity index (χ0) is 10.7. The van der Waals surface area contributed by atoms with Crippen LogP contribution in [-0.2, 0) is 4.79 Å². The number of carboxylic acid groups (broad SMARTS) is 1. The van der Waals surface area contributed by atoms with E-state index in [0.717, 1.165) is 5.69 Å². The van der Waals surface area contributed by atoms with Gasteiger partial charge in [0.25, 0.3) is 0 Å². The highest BCUT2D eigenvalue weighted by Gasteiger charge is 2.11. The van der Waals surface area contributed by atoms with E-state index in [1.165, 1.54) is 0 Å². The number of rotatable bonds is 3. The van der Waals surface area contributed by atoms with Crippen molar-refractivity contribution in [2.24, 2.45) is 5.73 Å². The van der Waals surface area contributed by atoms with Crippen molar-refractivity contribution in [2.75, 3.05) is 0 Å². The maximum atomic E-state index is 10.4. The minimum Gasteiger partial charge on any atom is -0.481 e. The summed E-state index contributed by atoms with van der Waals surface area (Å²) < 4.78 is 0. The largest absolute Gasteiger partial charge is 0.481 e. The fourth-order valence-electron chi connectivity index (χ4n) is 1.17. The molecule has 0 radical (unpaired) electrons. The minimum absolute atomic E-state index is 0.111. The van der Waals surface area contributed by atoms with E-state index < -0.39 is 12.0 Å². The van der Waals surface area contributed by atoms with Crippen LogP contribution in [-0.4, -0.2) is 16.1 Å². The zero-order valence-corrected chi connectivity index (χ0v) is 8.45. The summed E-state index contributed by atoms with van der Waals surface area (Å²) in [6.07, 6.45) is -0.111. The smallest absolute Gasteiger partial charge is 0.305 e. The van der Waals surface area contributed by atoms with E-state index in [4.69, 9.17) is 22.4 Å². The maximum Gasteiger partial charge on any atom is 0.305 e. The lowest BCUT2D eigenvalue weighted by Crippen LogP contribution is -2.15. The van der Waals surface area contributed by atoms with Gasteiger partial charge < -0.3 is 10.8 Å². The Morgan fingerprint density at radius 2 is 2.36 bits per heavy atom. The van der Waals surface area contributed by atoms with Gasteiger partial charge in [0.15, 0.2) is 0 Å². The standard InChI is InChI=1S/C9H11ClN2O2/c1-5-2-6(3-8(10)12-5)7(11)4-9(13)14/h2-3,7H,4,11H2,1H3,(H,13,14). The minimum atomic E-state index is -0.928. The van der Waals surface area contributed by atoms with Crippen LogP contribution in [0, 0.1) is 6.92 Å². The van der Waals surface area contributed by atoms with Crippen molar-refractivity contribution >= 4 is 17.6 Å². The molecule has 0 fully saturated rings. The van der Waals surface area contributed by atoms with Crippen LogP contribution in [0.25, 0.3) is 0 Å². The van der Waals surface area contributed by atoms with E-state index in [1.54, 1.807) is 19.1 Å². The van der Waals surface area contributed by atoms with Crippen molar-refractivity contribution < 1.29 is 9.90 Å². The average molecular weight is 215 g/mol. The third kappa shape index (κ3) is 2.97. The second kappa shape index (κ2) is 4.39. The van der Waals surface area contributed by atoms with Gasteiger partial charge in [-0.2, -0.15) is 0 Å². The molecule has 1 aromatic heterocycles. The summed E-state index contributed by atoms with van der Waals surface area (Å²) in [5.74, 6) is -0.928. The number of aliphatic carboxylic acids is 1. The van der Waals surface area contributed by atoms with Gasteiger partial charge in [-0.1, -0.05) is 11.6 Å². The molecule has 1 unspecified atom stereocenters. The van der Waals surface area contributed by atoms with Gasteiger partial charge in [-0.3, -0.25) is 4.79 Å². The van der Waals surface area contributed by atoms with E-state index in [-0.39, 0.29) is 6.42 Å². The SMILES string of the molecule is Cc1cc(C(N)CC(=O)O)cc(Cl)n1. The van der Waals surface area contributed by atoms with Crippen LogP contribution in [0.5, 0.6) is 0 Å². The number of carboxylic acids is 1. The van der Waals surface area contributed by atoms with Gasteiger partial charge in [-0.15, -0.1) is 0 Å². The molecule has 1 atom stereocenters. The molecule has 0 spiro atoms. The Kier molecular flexibility index (Phi) is 3.43. The average Bonchev–Trinajstić information content (AvgIpc) is 2.00. The highest BCUT2D eigenvalue weighted by molar-refractivity contribution is 6.29. The molecule has 0 aromatic carbocycles. The van der Waals surface area contributed by atoms with Crippen molar-refractivity contribution in [3.05, 3.63) is 28.5 Å². The Labute approximate surface area is 86.7 Å². The third-order valence-corrected chi connectivity index (χ3v) is 1.96. The molecule has 0 aliphatic carbocycles. The van der Waals surface area contributed by atoms with Crippen LogP contribution >= 0.6 is 11.6 Å². The summed E-state index contributed by atoms with van der Waals surface area (Å²) in [5, 5.41) is 8.89. The summed E-state index contributed by atoms with van der Waals surface area (Å²) in [6.45, 7) is 1.78. The van der Waals surface area contributed by atoms with Crippen LogP contribution < -0.4 is 5.73 Å². The summed E-state index contributed by atoms with van der Waals surface area (Å²) in [4.78, 5) is 14.4. The summed E-state index contributed by atoms with van der Waals surface area (Å²) in [6, 6.07) is 2.79. The van der Waals surface area contributed by atoms with E-state index in [2.05, 4.69) is 4.98 Å². The number of nitrogens with two attached hydrogens (primary N) is 1. The Balaban J connectivity index is 2.89. The molecule has 0 bridgehead atoms. The fourth-order valence-corrected chi connectivity index (χ4v) is 1.43. The quantitative estimate of drug-likeness (QED) is 0.748. The molecule has 0 aliphatic heterocycles. The number of aryl methyl sites for hydroxylation is 1. The van der Waals surface area contributed by atoms with Gasteiger partial charge in [0.05, 0.1) is 6.42 Å². The lowest BCUT2D eigenvalue weighted by atomic mass is 10.1. The fraction of sp³-hybridized carbons (Fsp3) is 0.333. The summed E-state index contributed by atoms with van der Waals surface area (Å²) in [5.41, 5.74) is 7.10. The van der Waals surface area contributed by atoms with Crippen molar-refractivity contribution in [1.29, 1.82) is 0 Å². The molecule has 0 aliphatic rings. The molecule has 0 saturated carbocycles. The first-order valence-electron chi connectivity index (χ1n) is 4.10. The summed E-state index contributed by atoms with van der Waals surface area (Å²) >= 11 is 5.72. The molecule has 1 rings (SSSR count). The van der Waals surface area contributed by atoms with E-state index in [1.807, 2.05) is 0 Å². The molecule has 4 nitrogen and oxygen atoms in total. The molecule has 3 N–H and O–H groups in total. The van der Waals surface area contributed by atoms with Crippen LogP contribution in [0.2, 0.25) is 5.15 Å². The number of hydrogen-bond acceptors (Lipinski definition) is 3. The van der Waals surface area contributed by atoms with Gasteiger partial charge in [0, 0.05) is 11.7 Å². The first kappa shape index (κ1) is 10.9. The van der Waals surface area contributed by atoms with Gasteiger partial charge >= 0.3 is 5.97 Å². The van der Waals surface area contributed by atoms with Crippen LogP contribution in [0.15, 0.2) is 12.1 Å². The van der Waals surface area contributed by atoms with Crippen LogP contribution in [0.3, 0.4) is 0 Å². The molecule has 5 heteroatoms. The van der Waals surface area contributed by atoms with Crippen LogP contribution in [0.4, 0.5) is 0 Å². The molecule has 0 amide bonds. The Hall–Kier alpha value is -1.13. The Morgan fingerprint density at radius 3 is 2.86 bits per heavy atom. The lowest BCUT2D eigenvalue weighted by Gasteiger charge is -2.09. The number of carbonyl (C=O) groups is 1. The monoisotopic (exact) mass is 214 g/mol. The molecule has 14 heavy (non-hydrogen) atoms. The molecular formula is C9H11ClN2O2. The van der Waals surface area contributed by atoms with E-state index in [0.29, 0.717) is 10.7 Å². The highest BCUT2D eigenvalue weighted by Crippen LogP contribution is 2.18. The zero-order valence-electron chi connectivity index (χ0n) is 7.70. The first-order valence-corrected chi connectivity index (χ1v) is 4.48. The van der Waals surface area contributed by atoms with Crippen molar-refractivity contribution in [3.8, 4) is 0 Å². The number of hydrogen-bond donors (Lipinski definition) is 2. The van der Waals surface area contributed by atoms with E-state index >= 15 is 0 Å². The van der Waals surface area contributed by atoms with Crippen molar-refractivity contribution in [1.82, 2.24) is 4.98 Å². The first-order chi connectivity index (χ1) is 6.49. The number of pyridine rings is 1. The molecule has 1 heterocycles. The number of halogens is 1.